The molecule has 0 saturated heterocycles. The fourth-order valence-electron chi connectivity index (χ4n) is 1.25. The van der Waals surface area contributed by atoms with Crippen LogP contribution in [0.2, 0.25) is 5.02 Å². The van der Waals surface area contributed by atoms with Gasteiger partial charge in [0.15, 0.2) is 0 Å². The van der Waals surface area contributed by atoms with E-state index in [0.29, 0.717) is 10.0 Å². The van der Waals surface area contributed by atoms with Crippen LogP contribution < -0.4 is 0 Å². The zero-order valence-electron chi connectivity index (χ0n) is 8.63. The maximum Gasteiger partial charge on any atom is 0.335 e. The Bertz CT molecular complexity index is 560. The monoisotopic (exact) mass is 265 g/mol. The number of aromatic nitrogens is 1. The van der Waals surface area contributed by atoms with Crippen molar-refractivity contribution in [3.05, 3.63) is 53.2 Å². The Morgan fingerprint density at radius 3 is 2.82 bits per heavy atom. The number of aromatic carboxylic acids is 1. The third-order valence-corrected chi connectivity index (χ3v) is 3.45. The number of carboxylic acid groups (broad SMARTS) is 1. The van der Waals surface area contributed by atoms with Gasteiger partial charge >= 0.3 is 5.97 Å². The molecule has 3 nitrogen and oxygen atoms in total. The number of hydrogen-bond acceptors (Lipinski definition) is 3. The molecule has 1 aromatic carbocycles. The van der Waals surface area contributed by atoms with Crippen LogP contribution in [0.5, 0.6) is 0 Å². The van der Waals surface area contributed by atoms with Gasteiger partial charge in [0.05, 0.1) is 10.6 Å². The Labute approximate surface area is 107 Å². The zero-order valence-corrected chi connectivity index (χ0v) is 10.2. The van der Waals surface area contributed by atoms with Crippen LogP contribution in [-0.2, 0) is 0 Å². The summed E-state index contributed by atoms with van der Waals surface area (Å²) in [7, 11) is 0. The minimum atomic E-state index is -0.945. The zero-order chi connectivity index (χ0) is 12.3. The van der Waals surface area contributed by atoms with Crippen molar-refractivity contribution in [2.24, 2.45) is 0 Å². The lowest BCUT2D eigenvalue weighted by atomic mass is 10.2. The van der Waals surface area contributed by atoms with E-state index in [-0.39, 0.29) is 5.56 Å². The van der Waals surface area contributed by atoms with Crippen molar-refractivity contribution in [1.82, 2.24) is 4.98 Å². The Morgan fingerprint density at radius 2 is 2.12 bits per heavy atom. The Kier molecular flexibility index (Phi) is 3.66. The first-order valence-corrected chi connectivity index (χ1v) is 5.98. The Balaban J connectivity index is 2.28. The molecule has 0 radical (unpaired) electrons. The molecular formula is C12H8ClNO2S. The van der Waals surface area contributed by atoms with Gasteiger partial charge in [-0.2, -0.15) is 0 Å². The maximum absolute atomic E-state index is 10.8. The molecule has 5 heteroatoms. The summed E-state index contributed by atoms with van der Waals surface area (Å²) in [5.41, 5.74) is 0.252. The Hall–Kier alpha value is -1.52. The topological polar surface area (TPSA) is 50.2 Å². The molecule has 2 aromatic rings. The molecule has 1 N–H and O–H groups in total. The molecule has 17 heavy (non-hydrogen) atoms. The van der Waals surface area contributed by atoms with Gasteiger partial charge in [-0.15, -0.1) is 0 Å². The molecule has 86 valence electrons. The molecule has 0 amide bonds. The lowest BCUT2D eigenvalue weighted by Crippen LogP contribution is -1.95. The third-order valence-electron chi connectivity index (χ3n) is 2.02. The van der Waals surface area contributed by atoms with Gasteiger partial charge in [-0.05, 0) is 30.3 Å². The van der Waals surface area contributed by atoms with E-state index in [9.17, 15) is 4.79 Å². The first-order chi connectivity index (χ1) is 8.16. The number of hydrogen-bond donors (Lipinski definition) is 1. The first-order valence-electron chi connectivity index (χ1n) is 4.78. The van der Waals surface area contributed by atoms with E-state index in [2.05, 4.69) is 4.98 Å². The van der Waals surface area contributed by atoms with E-state index in [1.54, 1.807) is 36.5 Å². The third kappa shape index (κ3) is 2.99. The molecule has 0 aliphatic rings. The number of rotatable bonds is 3. The van der Waals surface area contributed by atoms with E-state index in [0.717, 1.165) is 4.90 Å². The van der Waals surface area contributed by atoms with Crippen molar-refractivity contribution in [1.29, 1.82) is 0 Å². The van der Waals surface area contributed by atoms with Gasteiger partial charge in [-0.25, -0.2) is 9.78 Å². The van der Waals surface area contributed by atoms with Crippen LogP contribution in [-0.4, -0.2) is 16.1 Å². The summed E-state index contributed by atoms with van der Waals surface area (Å²) in [6.45, 7) is 0. The van der Waals surface area contributed by atoms with Gasteiger partial charge in [0.25, 0.3) is 0 Å². The normalized spacial score (nSPS) is 10.2. The van der Waals surface area contributed by atoms with E-state index in [4.69, 9.17) is 16.7 Å². The van der Waals surface area contributed by atoms with Crippen molar-refractivity contribution in [3.63, 3.8) is 0 Å². The van der Waals surface area contributed by atoms with Gasteiger partial charge in [0.1, 0.15) is 5.03 Å². The highest BCUT2D eigenvalue weighted by molar-refractivity contribution is 7.99. The number of pyridine rings is 1. The van der Waals surface area contributed by atoms with Gasteiger partial charge < -0.3 is 5.11 Å². The lowest BCUT2D eigenvalue weighted by Gasteiger charge is -2.03. The molecule has 0 bridgehead atoms. The van der Waals surface area contributed by atoms with Gasteiger partial charge in [-0.1, -0.05) is 29.4 Å². The molecule has 0 atom stereocenters. The maximum atomic E-state index is 10.8. The van der Waals surface area contributed by atoms with Crippen LogP contribution in [0.3, 0.4) is 0 Å². The molecule has 0 aliphatic carbocycles. The number of carbonyl (C=O) groups is 1. The number of benzene rings is 1. The smallest absolute Gasteiger partial charge is 0.335 e. The quantitative estimate of drug-likeness (QED) is 0.921. The van der Waals surface area contributed by atoms with Crippen LogP contribution in [0, 0.1) is 0 Å². The second-order valence-electron chi connectivity index (χ2n) is 3.23. The number of halogens is 1. The van der Waals surface area contributed by atoms with E-state index in [1.165, 1.54) is 11.8 Å². The summed E-state index contributed by atoms with van der Waals surface area (Å²) in [5, 5.41) is 10.1. The van der Waals surface area contributed by atoms with Crippen molar-refractivity contribution in [2.45, 2.75) is 9.92 Å². The predicted molar refractivity (Wildman–Crippen MR) is 66.8 cm³/mol. The summed E-state index contributed by atoms with van der Waals surface area (Å²) in [6, 6.07) is 10.2. The van der Waals surface area contributed by atoms with Crippen LogP contribution in [0.15, 0.2) is 52.5 Å². The molecule has 2 rings (SSSR count). The van der Waals surface area contributed by atoms with Crippen LogP contribution in [0.4, 0.5) is 0 Å². The van der Waals surface area contributed by atoms with E-state index < -0.39 is 5.97 Å². The fourth-order valence-corrected chi connectivity index (χ4v) is 2.32. The van der Waals surface area contributed by atoms with Crippen molar-refractivity contribution in [3.8, 4) is 0 Å². The highest BCUT2D eigenvalue weighted by Gasteiger charge is 2.06. The summed E-state index contributed by atoms with van der Waals surface area (Å²) in [4.78, 5) is 15.8. The molecule has 1 aromatic heterocycles. The number of nitrogens with zero attached hydrogens (tertiary/aromatic N) is 1. The molecule has 1 heterocycles. The fraction of sp³-hybridized carbons (Fsp3) is 0. The van der Waals surface area contributed by atoms with Crippen molar-refractivity contribution < 1.29 is 9.90 Å². The van der Waals surface area contributed by atoms with Crippen molar-refractivity contribution in [2.75, 3.05) is 0 Å². The average Bonchev–Trinajstić information content (AvgIpc) is 2.32. The largest absolute Gasteiger partial charge is 0.478 e. The van der Waals surface area contributed by atoms with E-state index in [1.807, 2.05) is 6.07 Å². The van der Waals surface area contributed by atoms with Crippen LogP contribution in [0.25, 0.3) is 0 Å². The van der Waals surface area contributed by atoms with Gasteiger partial charge in [-0.3, -0.25) is 0 Å². The summed E-state index contributed by atoms with van der Waals surface area (Å²) >= 11 is 7.32. The first kappa shape index (κ1) is 12.0. The SMILES string of the molecule is O=C(O)c1cccc(Sc2ncccc2Cl)c1. The average molecular weight is 266 g/mol. The summed E-state index contributed by atoms with van der Waals surface area (Å²) in [5.74, 6) is -0.945. The summed E-state index contributed by atoms with van der Waals surface area (Å²) < 4.78 is 0. The summed E-state index contributed by atoms with van der Waals surface area (Å²) in [6.07, 6.45) is 1.65. The molecule has 0 fully saturated rings. The molecule has 0 saturated carbocycles. The minimum Gasteiger partial charge on any atom is -0.478 e. The second-order valence-corrected chi connectivity index (χ2v) is 4.69. The van der Waals surface area contributed by atoms with E-state index >= 15 is 0 Å². The molecule has 0 aliphatic heterocycles. The minimum absolute atomic E-state index is 0.252. The van der Waals surface area contributed by atoms with Crippen LogP contribution >= 0.6 is 23.4 Å². The van der Waals surface area contributed by atoms with Gasteiger partial charge in [0, 0.05) is 11.1 Å². The van der Waals surface area contributed by atoms with Crippen molar-refractivity contribution >= 4 is 29.3 Å². The second kappa shape index (κ2) is 5.21. The van der Waals surface area contributed by atoms with Gasteiger partial charge in [0.2, 0.25) is 0 Å². The predicted octanol–water partition coefficient (Wildman–Crippen LogP) is 3.58. The lowest BCUT2D eigenvalue weighted by molar-refractivity contribution is 0.0696. The van der Waals surface area contributed by atoms with Crippen LogP contribution in [0.1, 0.15) is 10.4 Å². The highest BCUT2D eigenvalue weighted by Crippen LogP contribution is 2.31. The highest BCUT2D eigenvalue weighted by atomic mass is 35.5. The standard InChI is InChI=1S/C12H8ClNO2S/c13-10-5-2-6-14-11(10)17-9-4-1-3-8(7-9)12(15)16/h1-7H,(H,15,16). The molecular weight excluding hydrogens is 258 g/mol. The molecule has 0 spiro atoms. The number of carboxylic acids is 1. The molecule has 0 unspecified atom stereocenters. The Morgan fingerprint density at radius 1 is 1.29 bits per heavy atom.